The van der Waals surface area contributed by atoms with Crippen molar-refractivity contribution in [3.63, 3.8) is 0 Å². The normalized spacial score (nSPS) is 21.6. The van der Waals surface area contributed by atoms with Crippen molar-refractivity contribution < 1.29 is 31.3 Å². The van der Waals surface area contributed by atoms with Crippen molar-refractivity contribution in [3.05, 3.63) is 0 Å². The molecule has 0 amide bonds. The predicted molar refractivity (Wildman–Crippen MR) is 25.5 cm³/mol. The van der Waals surface area contributed by atoms with E-state index in [9.17, 15) is 13.2 Å². The summed E-state index contributed by atoms with van der Waals surface area (Å²) >= 11 is 0. The van der Waals surface area contributed by atoms with E-state index in [1.165, 1.54) is 0 Å². The van der Waals surface area contributed by atoms with Crippen LogP contribution in [0, 0.1) is 5.92 Å². The van der Waals surface area contributed by atoms with Gasteiger partial charge in [-0.15, -0.1) is 0 Å². The van der Waals surface area contributed by atoms with E-state index in [0.29, 0.717) is 12.8 Å². The van der Waals surface area contributed by atoms with Gasteiger partial charge in [0.1, 0.15) is 0 Å². The quantitative estimate of drug-likeness (QED) is 0.459. The molecule has 0 aromatic carbocycles. The minimum Gasteiger partial charge on any atom is -1.00 e. The highest BCUT2D eigenvalue weighted by Gasteiger charge is 2.49. The Kier molecular flexibility index (Phi) is 2.98. The Morgan fingerprint density at radius 3 is 1.80 bits per heavy atom. The van der Waals surface area contributed by atoms with Gasteiger partial charge >= 0.3 is 6.18 Å². The molecule has 1 rings (SSSR count). The van der Waals surface area contributed by atoms with Gasteiger partial charge in [-0.2, -0.15) is 13.2 Å². The van der Waals surface area contributed by atoms with E-state index >= 15 is 0 Å². The largest absolute Gasteiger partial charge is 1.00 e. The molecule has 0 aromatic rings. The summed E-state index contributed by atoms with van der Waals surface area (Å²) in [5.41, 5.74) is 3.05. The summed E-state index contributed by atoms with van der Waals surface area (Å²) in [6, 6.07) is -1.32. The average molecular weight is 176 g/mol. The second-order valence-electron chi connectivity index (χ2n) is 2.49. The van der Waals surface area contributed by atoms with Gasteiger partial charge in [-0.1, -0.05) is 0 Å². The van der Waals surface area contributed by atoms with Crippen LogP contribution in [-0.2, 0) is 0 Å². The Morgan fingerprint density at radius 1 is 1.30 bits per heavy atom. The average Bonchev–Trinajstić information content (AvgIpc) is 2.40. The summed E-state index contributed by atoms with van der Waals surface area (Å²) in [7, 11) is 0. The van der Waals surface area contributed by atoms with Crippen molar-refractivity contribution in [2.24, 2.45) is 5.92 Å². The van der Waals surface area contributed by atoms with E-state index in [0.717, 1.165) is 0 Å². The topological polar surface area (TPSA) is 27.6 Å². The van der Waals surface area contributed by atoms with E-state index in [4.69, 9.17) is 0 Å². The SMILES string of the molecule is [Cl-].[NH3+][C@H](C1CC1)C(F)(F)F. The maximum absolute atomic E-state index is 11.7. The lowest BCUT2D eigenvalue weighted by Crippen LogP contribution is -3.00. The molecule has 0 spiro atoms. The molecule has 1 aliphatic rings. The van der Waals surface area contributed by atoms with Gasteiger partial charge in [0.25, 0.3) is 0 Å². The number of halogens is 4. The van der Waals surface area contributed by atoms with Crippen molar-refractivity contribution in [3.8, 4) is 0 Å². The molecule has 1 saturated carbocycles. The molecule has 0 heterocycles. The van der Waals surface area contributed by atoms with Crippen molar-refractivity contribution >= 4 is 0 Å². The van der Waals surface area contributed by atoms with Gasteiger partial charge in [0, 0.05) is 5.92 Å². The van der Waals surface area contributed by atoms with Gasteiger partial charge in [0.15, 0.2) is 6.04 Å². The zero-order chi connectivity index (χ0) is 7.07. The fourth-order valence-electron chi connectivity index (χ4n) is 0.766. The zero-order valence-electron chi connectivity index (χ0n) is 5.29. The van der Waals surface area contributed by atoms with E-state index in [2.05, 4.69) is 5.73 Å². The van der Waals surface area contributed by atoms with Crippen molar-refractivity contribution in [2.75, 3.05) is 0 Å². The monoisotopic (exact) mass is 175 g/mol. The van der Waals surface area contributed by atoms with Gasteiger partial charge in [0.2, 0.25) is 0 Å². The van der Waals surface area contributed by atoms with Gasteiger partial charge in [-0.05, 0) is 12.8 Å². The lowest BCUT2D eigenvalue weighted by Gasteiger charge is -2.09. The second-order valence-corrected chi connectivity index (χ2v) is 2.49. The van der Waals surface area contributed by atoms with E-state index in [-0.39, 0.29) is 18.3 Å². The summed E-state index contributed by atoms with van der Waals surface area (Å²) in [4.78, 5) is 0. The highest BCUT2D eigenvalue weighted by molar-refractivity contribution is 4.83. The predicted octanol–water partition coefficient (Wildman–Crippen LogP) is -2.43. The van der Waals surface area contributed by atoms with Gasteiger partial charge in [-0.25, -0.2) is 0 Å². The van der Waals surface area contributed by atoms with Crippen LogP contribution in [0.5, 0.6) is 0 Å². The maximum Gasteiger partial charge on any atom is 0.441 e. The first kappa shape index (κ1) is 10.0. The van der Waals surface area contributed by atoms with Crippen LogP contribution in [-0.4, -0.2) is 12.2 Å². The Labute approximate surface area is 63.2 Å². The number of hydrogen-bond donors (Lipinski definition) is 1. The molecule has 5 heteroatoms. The third kappa shape index (κ3) is 2.34. The summed E-state index contributed by atoms with van der Waals surface area (Å²) in [5, 5.41) is 0. The summed E-state index contributed by atoms with van der Waals surface area (Å²) in [5.74, 6) is -0.176. The number of quaternary nitrogens is 1. The molecule has 0 radical (unpaired) electrons. The Morgan fingerprint density at radius 2 is 1.70 bits per heavy atom. The van der Waals surface area contributed by atoms with Crippen molar-refractivity contribution in [2.45, 2.75) is 25.1 Å². The third-order valence-corrected chi connectivity index (χ3v) is 1.61. The molecule has 1 aliphatic carbocycles. The summed E-state index contributed by atoms with van der Waals surface area (Å²) in [6.45, 7) is 0. The first-order valence-electron chi connectivity index (χ1n) is 2.91. The standard InChI is InChI=1S/C5H8F3N.ClH/c6-5(7,8)4(9)3-1-2-3;/h3-4H,1-2,9H2;1H/t4-;/m1./s1. The van der Waals surface area contributed by atoms with Crippen LogP contribution in [0.25, 0.3) is 0 Å². The minimum absolute atomic E-state index is 0. The van der Waals surface area contributed by atoms with Crippen molar-refractivity contribution in [1.29, 1.82) is 0 Å². The smallest absolute Gasteiger partial charge is 0.441 e. The lowest BCUT2D eigenvalue weighted by atomic mass is 10.2. The van der Waals surface area contributed by atoms with Crippen LogP contribution >= 0.6 is 0 Å². The molecule has 3 N–H and O–H groups in total. The first-order valence-corrected chi connectivity index (χ1v) is 2.91. The van der Waals surface area contributed by atoms with Gasteiger partial charge in [0.05, 0.1) is 0 Å². The maximum atomic E-state index is 11.7. The zero-order valence-corrected chi connectivity index (χ0v) is 6.04. The summed E-state index contributed by atoms with van der Waals surface area (Å²) < 4.78 is 35.0. The molecule has 1 fully saturated rings. The van der Waals surface area contributed by atoms with Crippen LogP contribution in [0.2, 0.25) is 0 Å². The fourth-order valence-corrected chi connectivity index (χ4v) is 0.766. The Bertz CT molecular complexity index is 110. The lowest BCUT2D eigenvalue weighted by molar-refractivity contribution is -0.486. The molecule has 0 aliphatic heterocycles. The fraction of sp³-hybridized carbons (Fsp3) is 1.00. The molecule has 62 valence electrons. The number of alkyl halides is 3. The van der Waals surface area contributed by atoms with Crippen molar-refractivity contribution in [1.82, 2.24) is 0 Å². The molecular formula is C5H9ClF3N. The first-order chi connectivity index (χ1) is 4.02. The van der Waals surface area contributed by atoms with E-state index < -0.39 is 12.2 Å². The molecule has 1 nitrogen and oxygen atoms in total. The Balaban J connectivity index is 0.000000810. The van der Waals surface area contributed by atoms with Gasteiger partial charge in [-0.3, -0.25) is 0 Å². The number of hydrogen-bond acceptors (Lipinski definition) is 0. The highest BCUT2D eigenvalue weighted by Crippen LogP contribution is 2.37. The van der Waals surface area contributed by atoms with Crippen LogP contribution in [0.4, 0.5) is 13.2 Å². The minimum atomic E-state index is -4.07. The second kappa shape index (κ2) is 2.96. The highest BCUT2D eigenvalue weighted by atomic mass is 35.5. The van der Waals surface area contributed by atoms with Crippen LogP contribution < -0.4 is 18.1 Å². The molecule has 0 aromatic heterocycles. The molecule has 10 heavy (non-hydrogen) atoms. The third-order valence-electron chi connectivity index (χ3n) is 1.61. The molecule has 0 unspecified atom stereocenters. The van der Waals surface area contributed by atoms with Crippen LogP contribution in [0.1, 0.15) is 12.8 Å². The molecule has 0 bridgehead atoms. The van der Waals surface area contributed by atoms with Gasteiger partial charge < -0.3 is 18.1 Å². The van der Waals surface area contributed by atoms with E-state index in [1.54, 1.807) is 0 Å². The molecular weight excluding hydrogens is 167 g/mol. The molecule has 1 atom stereocenters. The summed E-state index contributed by atoms with van der Waals surface area (Å²) in [6.07, 6.45) is -2.66. The van der Waals surface area contributed by atoms with Crippen LogP contribution in [0.15, 0.2) is 0 Å². The number of rotatable bonds is 1. The Hall–Kier alpha value is 0.0400. The molecule has 0 saturated heterocycles. The van der Waals surface area contributed by atoms with E-state index in [1.807, 2.05) is 0 Å². The van der Waals surface area contributed by atoms with Crippen LogP contribution in [0.3, 0.4) is 0 Å².